The molecule has 3 rings (SSSR count). The summed E-state index contributed by atoms with van der Waals surface area (Å²) >= 11 is 1.01. The van der Waals surface area contributed by atoms with E-state index < -0.39 is 11.4 Å². The summed E-state index contributed by atoms with van der Waals surface area (Å²) in [6.07, 6.45) is 2.60. The Labute approximate surface area is 173 Å². The standard InChI is InChI=1S/C21H22N2O5S/c1-3-14-6-9-17(22-11-14)18(28-13(2)24)12-27-16-7-4-15(5-8-16)10-19-20(25)23-21(26)29-19/h4-9,11,18-19H,3,10,12H2,1-2H3,(H,23,25,26)/p+1/t18-,19?/m1/s1. The lowest BCUT2D eigenvalue weighted by Gasteiger charge is -2.13. The topological polar surface area (TPSA) is 98.9 Å². The zero-order valence-electron chi connectivity index (χ0n) is 16.3. The Hall–Kier alpha value is -2.87. The Morgan fingerprint density at radius 2 is 1.93 bits per heavy atom. The number of benzene rings is 1. The number of nitrogens with one attached hydrogen (secondary N) is 1. The van der Waals surface area contributed by atoms with Crippen LogP contribution >= 0.6 is 11.8 Å². The average molecular weight is 415 g/mol. The number of hydrogen-bond donors (Lipinski definition) is 1. The van der Waals surface area contributed by atoms with Gasteiger partial charge in [-0.15, -0.1) is 0 Å². The van der Waals surface area contributed by atoms with E-state index in [0.717, 1.165) is 29.3 Å². The van der Waals surface area contributed by atoms with Gasteiger partial charge < -0.3 is 14.3 Å². The average Bonchev–Trinajstić information content (AvgIpc) is 3.03. The lowest BCUT2D eigenvalue weighted by Crippen LogP contribution is -2.25. The van der Waals surface area contributed by atoms with E-state index in [9.17, 15) is 14.4 Å². The van der Waals surface area contributed by atoms with E-state index in [1.54, 1.807) is 18.3 Å². The summed E-state index contributed by atoms with van der Waals surface area (Å²) in [5.74, 6) is 0.220. The van der Waals surface area contributed by atoms with Crippen molar-refractivity contribution in [3.8, 4) is 5.75 Å². The third-order valence-corrected chi connectivity index (χ3v) is 5.39. The van der Waals surface area contributed by atoms with Crippen LogP contribution in [0.5, 0.6) is 5.75 Å². The summed E-state index contributed by atoms with van der Waals surface area (Å²) in [5, 5.41) is 1.59. The minimum Gasteiger partial charge on any atom is -0.486 e. The van der Waals surface area contributed by atoms with Crippen LogP contribution < -0.4 is 10.1 Å². The summed E-state index contributed by atoms with van der Waals surface area (Å²) in [6, 6.07) is 11.2. The maximum atomic E-state index is 11.7. The van der Waals surface area contributed by atoms with Crippen LogP contribution in [0.2, 0.25) is 0 Å². The quantitative estimate of drug-likeness (QED) is 0.525. The van der Waals surface area contributed by atoms with Gasteiger partial charge >= 0.3 is 5.97 Å². The van der Waals surface area contributed by atoms with Gasteiger partial charge in [-0.1, -0.05) is 36.9 Å². The normalized spacial score (nSPS) is 17.0. The van der Waals surface area contributed by atoms with Crippen LogP contribution in [-0.2, 0) is 22.4 Å². The van der Waals surface area contributed by atoms with E-state index in [4.69, 9.17) is 9.47 Å². The van der Waals surface area contributed by atoms with Gasteiger partial charge in [-0.2, -0.15) is 0 Å². The van der Waals surface area contributed by atoms with Gasteiger partial charge in [-0.3, -0.25) is 19.9 Å². The predicted molar refractivity (Wildman–Crippen MR) is 111 cm³/mol. The first-order chi connectivity index (χ1) is 13.9. The number of amides is 2. The molecule has 1 fully saturated rings. The van der Waals surface area contributed by atoms with E-state index in [-0.39, 0.29) is 23.7 Å². The van der Waals surface area contributed by atoms with Gasteiger partial charge in [0.2, 0.25) is 5.91 Å². The molecule has 7 nitrogen and oxygen atoms in total. The van der Waals surface area contributed by atoms with E-state index in [1.165, 1.54) is 6.92 Å². The first-order valence-electron chi connectivity index (χ1n) is 9.31. The number of carbonyl (C=O) groups is 2. The molecule has 0 radical (unpaired) electrons. The third-order valence-electron chi connectivity index (χ3n) is 4.41. The van der Waals surface area contributed by atoms with Crippen molar-refractivity contribution in [2.45, 2.75) is 38.0 Å². The highest BCUT2D eigenvalue weighted by atomic mass is 32.2. The second-order valence-corrected chi connectivity index (χ2v) is 7.79. The molecule has 0 aliphatic carbocycles. The number of hydrogen-bond acceptors (Lipinski definition) is 6. The Bertz CT molecular complexity index is 883. The lowest BCUT2D eigenvalue weighted by atomic mass is 10.1. The molecule has 0 spiro atoms. The number of aryl methyl sites for hydroxylation is 1. The van der Waals surface area contributed by atoms with Crippen molar-refractivity contribution in [3.63, 3.8) is 0 Å². The molecule has 0 bridgehead atoms. The van der Waals surface area contributed by atoms with Crippen LogP contribution in [0, 0.1) is 0 Å². The molecule has 29 heavy (non-hydrogen) atoms. The highest BCUT2D eigenvalue weighted by molar-refractivity contribution is 8.15. The molecule has 2 N–H and O–H groups in total. The van der Waals surface area contributed by atoms with Crippen LogP contribution in [0.4, 0.5) is 4.79 Å². The van der Waals surface area contributed by atoms with E-state index >= 15 is 0 Å². The number of imide groups is 1. The predicted octanol–water partition coefficient (Wildman–Crippen LogP) is 3.20. The summed E-state index contributed by atoms with van der Waals surface area (Å²) in [4.78, 5) is 36.9. The maximum Gasteiger partial charge on any atom is 0.480 e. The van der Waals surface area contributed by atoms with Crippen molar-refractivity contribution in [1.82, 2.24) is 10.3 Å². The summed E-state index contributed by atoms with van der Waals surface area (Å²) in [7, 11) is 0. The van der Waals surface area contributed by atoms with Gasteiger partial charge in [0.15, 0.2) is 6.61 Å². The minimum atomic E-state index is -0.546. The maximum absolute atomic E-state index is 11.7. The van der Waals surface area contributed by atoms with E-state index in [1.807, 2.05) is 24.3 Å². The largest absolute Gasteiger partial charge is 0.486 e. The second-order valence-electron chi connectivity index (χ2n) is 6.61. The molecule has 152 valence electrons. The molecule has 2 aromatic rings. The second kappa shape index (κ2) is 9.56. The first-order valence-corrected chi connectivity index (χ1v) is 10.2. The fraction of sp³-hybridized carbons (Fsp3) is 0.333. The molecule has 0 saturated carbocycles. The van der Waals surface area contributed by atoms with Crippen LogP contribution in [0.1, 0.15) is 36.8 Å². The number of nitrogens with zero attached hydrogens (tertiary/aromatic N) is 1. The Morgan fingerprint density at radius 3 is 2.48 bits per heavy atom. The summed E-state index contributed by atoms with van der Waals surface area (Å²) in [6.45, 7) is 3.69. The van der Waals surface area contributed by atoms with Gasteiger partial charge in [0.25, 0.3) is 11.3 Å². The highest BCUT2D eigenvalue weighted by Crippen LogP contribution is 2.24. The summed E-state index contributed by atoms with van der Waals surface area (Å²) < 4.78 is 11.3. The highest BCUT2D eigenvalue weighted by Gasteiger charge is 2.31. The number of pyridine rings is 1. The van der Waals surface area contributed by atoms with Crippen molar-refractivity contribution in [2.24, 2.45) is 0 Å². The number of esters is 1. The Kier molecular flexibility index (Phi) is 6.87. The van der Waals surface area contributed by atoms with Crippen molar-refractivity contribution >= 4 is 28.9 Å². The first kappa shape index (κ1) is 20.9. The van der Waals surface area contributed by atoms with E-state index in [2.05, 4.69) is 17.2 Å². The van der Waals surface area contributed by atoms with Crippen LogP contribution in [-0.4, -0.2) is 38.8 Å². The number of thioether (sulfide) groups is 1. The van der Waals surface area contributed by atoms with Crippen molar-refractivity contribution in [2.75, 3.05) is 6.61 Å². The third kappa shape index (κ3) is 5.80. The van der Waals surface area contributed by atoms with Gasteiger partial charge in [0, 0.05) is 6.20 Å². The molecule has 1 aliphatic heterocycles. The molecule has 2 amide bonds. The molecular weight excluding hydrogens is 392 g/mol. The number of carbonyl (C=O) groups excluding carboxylic acids is 3. The van der Waals surface area contributed by atoms with Gasteiger partial charge in [0.1, 0.15) is 11.4 Å². The molecule has 2 atom stereocenters. The van der Waals surface area contributed by atoms with Crippen molar-refractivity contribution in [1.29, 1.82) is 0 Å². The molecule has 2 heterocycles. The number of aromatic nitrogens is 1. The summed E-state index contributed by atoms with van der Waals surface area (Å²) in [5.41, 5.74) is 2.72. The minimum absolute atomic E-state index is 0.155. The Balaban J connectivity index is 1.60. The fourth-order valence-electron chi connectivity index (χ4n) is 2.86. The monoisotopic (exact) mass is 415 g/mol. The van der Waals surface area contributed by atoms with Crippen molar-refractivity contribution < 1.29 is 23.9 Å². The van der Waals surface area contributed by atoms with Gasteiger partial charge in [0.05, 0.1) is 12.2 Å². The zero-order valence-corrected chi connectivity index (χ0v) is 17.1. The molecule has 8 heteroatoms. The van der Waals surface area contributed by atoms with Crippen LogP contribution in [0.25, 0.3) is 0 Å². The van der Waals surface area contributed by atoms with Crippen molar-refractivity contribution in [3.05, 3.63) is 59.4 Å². The Morgan fingerprint density at radius 1 is 1.21 bits per heavy atom. The molecular formula is C21H23N2O5S+. The van der Waals surface area contributed by atoms with Gasteiger partial charge in [-0.05, 0) is 42.2 Å². The van der Waals surface area contributed by atoms with Crippen LogP contribution in [0.15, 0.2) is 42.6 Å². The smallest absolute Gasteiger partial charge is 0.480 e. The molecule has 1 aromatic heterocycles. The van der Waals surface area contributed by atoms with E-state index in [0.29, 0.717) is 17.9 Å². The fourth-order valence-corrected chi connectivity index (χ4v) is 3.72. The molecule has 1 aromatic carbocycles. The van der Waals surface area contributed by atoms with Crippen LogP contribution in [0.3, 0.4) is 0 Å². The SMILES string of the molecule is CCc1ccc([C@@H](COc2ccc(CC3SC(=O)NC3=O)cc2)OC(C)=[OH+])nc1. The number of rotatable bonds is 8. The molecule has 1 aliphatic rings. The molecule has 1 unspecified atom stereocenters. The number of ether oxygens (including phenoxy) is 2. The van der Waals surface area contributed by atoms with Gasteiger partial charge in [-0.25, -0.2) is 0 Å². The lowest BCUT2D eigenvalue weighted by molar-refractivity contribution is -0.118. The molecule has 1 saturated heterocycles. The zero-order chi connectivity index (χ0) is 20.8.